The van der Waals surface area contributed by atoms with Gasteiger partial charge in [0.15, 0.2) is 11.5 Å². The molecule has 138 valence electrons. The minimum atomic E-state index is -0.292. The first-order chi connectivity index (χ1) is 13.1. The van der Waals surface area contributed by atoms with E-state index in [1.807, 2.05) is 48.7 Å². The predicted molar refractivity (Wildman–Crippen MR) is 103 cm³/mol. The number of nitrogens with zero attached hydrogens (tertiary/aromatic N) is 1. The Balaban J connectivity index is 1.37. The zero-order chi connectivity index (χ0) is 18.8. The van der Waals surface area contributed by atoms with E-state index in [-0.39, 0.29) is 29.5 Å². The fourth-order valence-electron chi connectivity index (χ4n) is 2.72. The molecule has 3 aromatic rings. The van der Waals surface area contributed by atoms with Crippen LogP contribution >= 0.6 is 11.3 Å². The van der Waals surface area contributed by atoms with Crippen molar-refractivity contribution in [1.82, 2.24) is 10.5 Å². The molecule has 0 saturated heterocycles. The number of aromatic nitrogens is 1. The van der Waals surface area contributed by atoms with Crippen molar-refractivity contribution in [3.63, 3.8) is 0 Å². The number of rotatable bonds is 6. The molecule has 4 rings (SSSR count). The van der Waals surface area contributed by atoms with Gasteiger partial charge in [-0.25, -0.2) is 0 Å². The second-order valence-corrected chi connectivity index (χ2v) is 7.58. The monoisotopic (exact) mass is 381 g/mol. The Morgan fingerprint density at radius 1 is 1.22 bits per heavy atom. The zero-order valence-electron chi connectivity index (χ0n) is 14.8. The molecule has 7 heteroatoms. The van der Waals surface area contributed by atoms with Crippen molar-refractivity contribution in [3.8, 4) is 10.6 Å². The third-order valence-corrected chi connectivity index (χ3v) is 5.37. The molecule has 0 spiro atoms. The number of thiophene rings is 1. The molecule has 1 saturated carbocycles. The number of carbonyl (C=O) groups is 2. The molecule has 1 fully saturated rings. The van der Waals surface area contributed by atoms with Crippen molar-refractivity contribution in [2.45, 2.75) is 25.8 Å². The Hall–Kier alpha value is -2.93. The van der Waals surface area contributed by atoms with Gasteiger partial charge in [0.25, 0.3) is 5.91 Å². The van der Waals surface area contributed by atoms with E-state index in [9.17, 15) is 9.59 Å². The lowest BCUT2D eigenvalue weighted by Crippen LogP contribution is -2.26. The fourth-order valence-corrected chi connectivity index (χ4v) is 3.39. The van der Waals surface area contributed by atoms with Gasteiger partial charge in [-0.15, -0.1) is 11.3 Å². The van der Waals surface area contributed by atoms with Gasteiger partial charge in [0.1, 0.15) is 0 Å². The minimum absolute atomic E-state index is 0.0803. The molecule has 2 aromatic heterocycles. The third kappa shape index (κ3) is 4.09. The van der Waals surface area contributed by atoms with Gasteiger partial charge < -0.3 is 15.2 Å². The van der Waals surface area contributed by atoms with E-state index in [0.717, 1.165) is 29.0 Å². The number of hydrogen-bond donors (Lipinski definition) is 2. The van der Waals surface area contributed by atoms with E-state index in [2.05, 4.69) is 15.8 Å². The number of amides is 2. The normalized spacial score (nSPS) is 14.6. The van der Waals surface area contributed by atoms with Crippen molar-refractivity contribution in [1.29, 1.82) is 0 Å². The first-order valence-electron chi connectivity index (χ1n) is 8.82. The van der Waals surface area contributed by atoms with E-state index in [0.29, 0.717) is 5.76 Å². The van der Waals surface area contributed by atoms with Gasteiger partial charge >= 0.3 is 0 Å². The van der Waals surface area contributed by atoms with Gasteiger partial charge in [-0.3, -0.25) is 9.59 Å². The summed E-state index contributed by atoms with van der Waals surface area (Å²) in [6.07, 6.45) is 1.95. The molecule has 0 radical (unpaired) electrons. The molecule has 2 heterocycles. The lowest BCUT2D eigenvalue weighted by atomic mass is 10.1. The van der Waals surface area contributed by atoms with Crippen LogP contribution in [0.1, 0.15) is 41.9 Å². The molecule has 6 nitrogen and oxygen atoms in total. The van der Waals surface area contributed by atoms with Crippen molar-refractivity contribution in [3.05, 3.63) is 59.1 Å². The second-order valence-electron chi connectivity index (χ2n) is 6.63. The van der Waals surface area contributed by atoms with Crippen LogP contribution in [0.4, 0.5) is 5.69 Å². The van der Waals surface area contributed by atoms with Gasteiger partial charge in [0.05, 0.1) is 10.9 Å². The number of carbonyl (C=O) groups excluding carboxylic acids is 2. The van der Waals surface area contributed by atoms with Crippen molar-refractivity contribution in [2.24, 2.45) is 5.92 Å². The molecule has 1 aliphatic carbocycles. The van der Waals surface area contributed by atoms with Crippen molar-refractivity contribution >= 4 is 28.8 Å². The number of hydrogen-bond acceptors (Lipinski definition) is 5. The molecular weight excluding hydrogens is 362 g/mol. The Morgan fingerprint density at radius 3 is 2.67 bits per heavy atom. The van der Waals surface area contributed by atoms with Crippen LogP contribution in [0.5, 0.6) is 0 Å². The van der Waals surface area contributed by atoms with E-state index >= 15 is 0 Å². The predicted octanol–water partition coefficient (Wildman–Crippen LogP) is 4.24. The van der Waals surface area contributed by atoms with Crippen LogP contribution in [0.25, 0.3) is 10.6 Å². The van der Waals surface area contributed by atoms with E-state index in [1.165, 1.54) is 11.3 Å². The van der Waals surface area contributed by atoms with Gasteiger partial charge in [0.2, 0.25) is 5.91 Å². The summed E-state index contributed by atoms with van der Waals surface area (Å²) in [6.45, 7) is 1.90. The average Bonchev–Trinajstić information content (AvgIpc) is 3.17. The highest BCUT2D eigenvalue weighted by Gasteiger charge is 2.29. The molecule has 2 amide bonds. The standard InChI is InChI=1S/C20H19N3O3S/c1-12(13-6-8-15(9-7-13)22-19(24)14-4-5-14)21-20(25)16-11-17(26-23-16)18-3-2-10-27-18/h2-3,6-12,14H,4-5H2,1H3,(H,21,25)(H,22,24). The highest BCUT2D eigenvalue weighted by molar-refractivity contribution is 7.13. The fraction of sp³-hybridized carbons (Fsp3) is 0.250. The summed E-state index contributed by atoms with van der Waals surface area (Å²) >= 11 is 1.53. The zero-order valence-corrected chi connectivity index (χ0v) is 15.6. The van der Waals surface area contributed by atoms with Gasteiger partial charge in [-0.05, 0) is 48.9 Å². The van der Waals surface area contributed by atoms with Crippen molar-refractivity contribution in [2.75, 3.05) is 5.32 Å². The first kappa shape index (κ1) is 17.5. The van der Waals surface area contributed by atoms with E-state index in [4.69, 9.17) is 4.52 Å². The Kier molecular flexibility index (Phi) is 4.77. The Bertz CT molecular complexity index is 943. The van der Waals surface area contributed by atoms with E-state index in [1.54, 1.807) is 6.07 Å². The smallest absolute Gasteiger partial charge is 0.273 e. The number of benzene rings is 1. The van der Waals surface area contributed by atoms with Crippen LogP contribution in [0.3, 0.4) is 0 Å². The van der Waals surface area contributed by atoms with Gasteiger partial charge in [-0.1, -0.05) is 23.4 Å². The summed E-state index contributed by atoms with van der Waals surface area (Å²) < 4.78 is 5.25. The van der Waals surface area contributed by atoms with Crippen LogP contribution in [0, 0.1) is 5.92 Å². The highest BCUT2D eigenvalue weighted by atomic mass is 32.1. The maximum atomic E-state index is 12.4. The van der Waals surface area contributed by atoms with Crippen LogP contribution < -0.4 is 10.6 Å². The third-order valence-electron chi connectivity index (χ3n) is 4.48. The molecule has 0 aliphatic heterocycles. The molecule has 1 atom stereocenters. The molecule has 1 aliphatic rings. The van der Waals surface area contributed by atoms with Gasteiger partial charge in [-0.2, -0.15) is 0 Å². The summed E-state index contributed by atoms with van der Waals surface area (Å²) in [5, 5.41) is 11.6. The summed E-state index contributed by atoms with van der Waals surface area (Å²) in [6, 6.07) is 12.8. The van der Waals surface area contributed by atoms with Crippen LogP contribution in [0.15, 0.2) is 52.4 Å². The highest BCUT2D eigenvalue weighted by Crippen LogP contribution is 2.30. The maximum absolute atomic E-state index is 12.4. The average molecular weight is 381 g/mol. The number of anilines is 1. The summed E-state index contributed by atoms with van der Waals surface area (Å²) in [5.41, 5.74) is 1.96. The summed E-state index contributed by atoms with van der Waals surface area (Å²) in [5.74, 6) is 0.542. The largest absolute Gasteiger partial charge is 0.355 e. The lowest BCUT2D eigenvalue weighted by Gasteiger charge is -2.14. The molecule has 1 unspecified atom stereocenters. The van der Waals surface area contributed by atoms with Gasteiger partial charge in [0, 0.05) is 17.7 Å². The Labute approximate surface area is 160 Å². The minimum Gasteiger partial charge on any atom is -0.355 e. The molecule has 27 heavy (non-hydrogen) atoms. The van der Waals surface area contributed by atoms with Crippen LogP contribution in [0.2, 0.25) is 0 Å². The quantitative estimate of drug-likeness (QED) is 0.669. The lowest BCUT2D eigenvalue weighted by molar-refractivity contribution is -0.117. The van der Waals surface area contributed by atoms with E-state index < -0.39 is 0 Å². The maximum Gasteiger partial charge on any atom is 0.273 e. The molecule has 2 N–H and O–H groups in total. The molecule has 0 bridgehead atoms. The van der Waals surface area contributed by atoms with Crippen LogP contribution in [-0.2, 0) is 4.79 Å². The summed E-state index contributed by atoms with van der Waals surface area (Å²) in [4.78, 5) is 25.1. The second kappa shape index (κ2) is 7.36. The van der Waals surface area contributed by atoms with Crippen LogP contribution in [-0.4, -0.2) is 17.0 Å². The number of nitrogens with one attached hydrogen (secondary N) is 2. The molecular formula is C20H19N3O3S. The Morgan fingerprint density at radius 2 is 2.00 bits per heavy atom. The SMILES string of the molecule is CC(NC(=O)c1cc(-c2cccs2)on1)c1ccc(NC(=O)C2CC2)cc1. The summed E-state index contributed by atoms with van der Waals surface area (Å²) in [7, 11) is 0. The molecule has 1 aromatic carbocycles. The van der Waals surface area contributed by atoms with Crippen molar-refractivity contribution < 1.29 is 14.1 Å². The topological polar surface area (TPSA) is 84.2 Å². The first-order valence-corrected chi connectivity index (χ1v) is 9.70.